The number of piperidine rings is 1. The third-order valence-corrected chi connectivity index (χ3v) is 5.72. The number of nitrogens with zero attached hydrogens (tertiary/aromatic N) is 1. The van der Waals surface area contributed by atoms with Crippen molar-refractivity contribution in [2.24, 2.45) is 0 Å². The van der Waals surface area contributed by atoms with Crippen LogP contribution in [-0.4, -0.2) is 48.4 Å². The Labute approximate surface area is 181 Å². The van der Waals surface area contributed by atoms with Gasteiger partial charge in [-0.05, 0) is 38.0 Å². The maximum absolute atomic E-state index is 12.8. The van der Waals surface area contributed by atoms with E-state index < -0.39 is 0 Å². The van der Waals surface area contributed by atoms with Gasteiger partial charge in [0.15, 0.2) is 17.3 Å². The highest BCUT2D eigenvalue weighted by Crippen LogP contribution is 2.33. The van der Waals surface area contributed by atoms with Crippen molar-refractivity contribution < 1.29 is 23.9 Å². The number of carbonyl (C=O) groups excluding carboxylic acids is 3. The number of hydrogen-bond donors (Lipinski definition) is 1. The summed E-state index contributed by atoms with van der Waals surface area (Å²) in [6.07, 6.45) is 1.74. The molecule has 0 bridgehead atoms. The second-order valence-electron chi connectivity index (χ2n) is 7.99. The second kappa shape index (κ2) is 9.20. The van der Waals surface area contributed by atoms with Gasteiger partial charge in [-0.3, -0.25) is 14.4 Å². The highest BCUT2D eigenvalue weighted by atomic mass is 16.7. The third-order valence-electron chi connectivity index (χ3n) is 5.72. The average Bonchev–Trinajstić information content (AvgIpc) is 3.26. The Morgan fingerprint density at radius 1 is 0.935 bits per heavy atom. The number of carbonyl (C=O) groups is 3. The van der Waals surface area contributed by atoms with Gasteiger partial charge in [0.1, 0.15) is 0 Å². The number of likely N-dealkylation sites (tertiary alicyclic amines) is 1. The molecule has 0 aromatic heterocycles. The fraction of sp³-hybridized carbons (Fsp3) is 0.375. The zero-order chi connectivity index (χ0) is 21.8. The molecule has 2 aliphatic heterocycles. The molecule has 0 spiro atoms. The van der Waals surface area contributed by atoms with Crippen molar-refractivity contribution in [3.8, 4) is 11.5 Å². The predicted octanol–water partition coefficient (Wildman–Crippen LogP) is 3.11. The number of Topliss-reactive ketones (excluding diaryl/α,β-unsaturated/α-hetero) is 1. The van der Waals surface area contributed by atoms with E-state index in [9.17, 15) is 14.4 Å². The summed E-state index contributed by atoms with van der Waals surface area (Å²) in [5.74, 6) is 1.04. The molecule has 0 saturated carbocycles. The zero-order valence-corrected chi connectivity index (χ0v) is 17.6. The number of rotatable bonds is 6. The van der Waals surface area contributed by atoms with Crippen molar-refractivity contribution >= 4 is 17.6 Å². The fourth-order valence-electron chi connectivity index (χ4n) is 3.85. The van der Waals surface area contributed by atoms with Gasteiger partial charge in [-0.2, -0.15) is 0 Å². The van der Waals surface area contributed by atoms with Crippen LogP contribution in [0.3, 0.4) is 0 Å². The molecule has 2 aromatic rings. The van der Waals surface area contributed by atoms with Crippen LogP contribution < -0.4 is 14.8 Å². The number of nitrogens with one attached hydrogen (secondary N) is 1. The van der Waals surface area contributed by atoms with Crippen molar-refractivity contribution in [2.75, 3.05) is 19.9 Å². The van der Waals surface area contributed by atoms with Gasteiger partial charge in [0.2, 0.25) is 12.7 Å². The van der Waals surface area contributed by atoms with Crippen molar-refractivity contribution in [1.82, 2.24) is 10.2 Å². The molecule has 2 amide bonds. The Morgan fingerprint density at radius 3 is 2.35 bits per heavy atom. The first-order valence-corrected chi connectivity index (χ1v) is 10.6. The fourth-order valence-corrected chi connectivity index (χ4v) is 3.85. The number of ether oxygens (including phenoxy) is 2. The lowest BCUT2D eigenvalue weighted by Crippen LogP contribution is -2.46. The normalized spacial score (nSPS) is 15.6. The number of fused-ring (bicyclic) bond motifs is 1. The minimum atomic E-state index is -0.124. The number of ketones is 1. The van der Waals surface area contributed by atoms with Gasteiger partial charge in [0.05, 0.1) is 0 Å². The molecular formula is C24H26N2O5. The lowest BCUT2D eigenvalue weighted by Gasteiger charge is -2.32. The Morgan fingerprint density at radius 2 is 1.61 bits per heavy atom. The molecule has 2 aliphatic rings. The van der Waals surface area contributed by atoms with E-state index in [4.69, 9.17) is 9.47 Å². The molecule has 1 saturated heterocycles. The minimum Gasteiger partial charge on any atom is -0.454 e. The summed E-state index contributed by atoms with van der Waals surface area (Å²) in [6, 6.07) is 12.6. The largest absolute Gasteiger partial charge is 0.454 e. The summed E-state index contributed by atoms with van der Waals surface area (Å²) < 4.78 is 10.6. The van der Waals surface area contributed by atoms with Crippen LogP contribution in [0.15, 0.2) is 42.5 Å². The van der Waals surface area contributed by atoms with Crippen molar-refractivity contribution in [3.63, 3.8) is 0 Å². The first-order valence-electron chi connectivity index (χ1n) is 10.6. The molecule has 0 radical (unpaired) electrons. The second-order valence-corrected chi connectivity index (χ2v) is 7.99. The van der Waals surface area contributed by atoms with Gasteiger partial charge in [-0.15, -0.1) is 0 Å². The number of aryl methyl sites for hydroxylation is 1. The summed E-state index contributed by atoms with van der Waals surface area (Å²) in [5.41, 5.74) is 2.30. The van der Waals surface area contributed by atoms with Crippen LogP contribution in [0.25, 0.3) is 0 Å². The maximum atomic E-state index is 12.8. The van der Waals surface area contributed by atoms with E-state index in [1.165, 1.54) is 0 Å². The van der Waals surface area contributed by atoms with Crippen molar-refractivity contribution in [3.05, 3.63) is 59.2 Å². The molecule has 162 valence electrons. The molecule has 7 nitrogen and oxygen atoms in total. The monoisotopic (exact) mass is 422 g/mol. The van der Waals surface area contributed by atoms with E-state index in [0.29, 0.717) is 48.6 Å². The summed E-state index contributed by atoms with van der Waals surface area (Å²) >= 11 is 0. The lowest BCUT2D eigenvalue weighted by molar-refractivity contribution is -0.122. The van der Waals surface area contributed by atoms with E-state index >= 15 is 0 Å². The highest BCUT2D eigenvalue weighted by molar-refractivity contribution is 5.98. The predicted molar refractivity (Wildman–Crippen MR) is 114 cm³/mol. The topological polar surface area (TPSA) is 84.9 Å². The molecule has 1 N–H and O–H groups in total. The van der Waals surface area contributed by atoms with E-state index in [1.54, 1.807) is 35.2 Å². The van der Waals surface area contributed by atoms with Gasteiger partial charge in [-0.1, -0.05) is 29.8 Å². The molecule has 0 unspecified atom stereocenters. The Bertz CT molecular complexity index is 978. The lowest BCUT2D eigenvalue weighted by atomic mass is 10.0. The quantitative estimate of drug-likeness (QED) is 0.723. The molecule has 4 rings (SSSR count). The van der Waals surface area contributed by atoms with E-state index in [2.05, 4.69) is 5.32 Å². The number of amides is 2. The SMILES string of the molecule is Cc1ccc(C(=O)CCC(=O)NC2CCN(C(=O)c3ccc4c(c3)OCO4)CC2)cc1. The summed E-state index contributed by atoms with van der Waals surface area (Å²) in [7, 11) is 0. The molecular weight excluding hydrogens is 396 g/mol. The van der Waals surface area contributed by atoms with Crippen molar-refractivity contribution in [2.45, 2.75) is 38.6 Å². The first kappa shape index (κ1) is 20.9. The van der Waals surface area contributed by atoms with Crippen LogP contribution in [0.4, 0.5) is 0 Å². The summed E-state index contributed by atoms with van der Waals surface area (Å²) in [6.45, 7) is 3.28. The standard InChI is InChI=1S/C24H26N2O5/c1-16-2-4-17(5-3-16)20(27)7-9-23(28)25-19-10-12-26(13-11-19)24(29)18-6-8-21-22(14-18)31-15-30-21/h2-6,8,14,19H,7,9-13,15H2,1H3,(H,25,28). The van der Waals surface area contributed by atoms with Crippen molar-refractivity contribution in [1.29, 1.82) is 0 Å². The Hall–Kier alpha value is -3.35. The van der Waals surface area contributed by atoms with E-state index in [0.717, 1.165) is 5.56 Å². The molecule has 7 heteroatoms. The van der Waals surface area contributed by atoms with Crippen LogP contribution in [0.2, 0.25) is 0 Å². The molecule has 0 atom stereocenters. The van der Waals surface area contributed by atoms with Crippen LogP contribution in [0.1, 0.15) is 52.0 Å². The van der Waals surface area contributed by atoms with Crippen LogP contribution >= 0.6 is 0 Å². The molecule has 1 fully saturated rings. The maximum Gasteiger partial charge on any atom is 0.253 e. The van der Waals surface area contributed by atoms with Crippen LogP contribution in [-0.2, 0) is 4.79 Å². The first-order chi connectivity index (χ1) is 15.0. The molecule has 31 heavy (non-hydrogen) atoms. The summed E-state index contributed by atoms with van der Waals surface area (Å²) in [5, 5.41) is 3.00. The van der Waals surface area contributed by atoms with Crippen LogP contribution in [0.5, 0.6) is 11.5 Å². The average molecular weight is 422 g/mol. The molecule has 2 heterocycles. The molecule has 0 aliphatic carbocycles. The van der Waals surface area contributed by atoms with Gasteiger partial charge >= 0.3 is 0 Å². The minimum absolute atomic E-state index is 0.0165. The smallest absolute Gasteiger partial charge is 0.253 e. The summed E-state index contributed by atoms with van der Waals surface area (Å²) in [4.78, 5) is 39.1. The van der Waals surface area contributed by atoms with Gasteiger partial charge < -0.3 is 19.7 Å². The Kier molecular flexibility index (Phi) is 6.21. The van der Waals surface area contributed by atoms with Crippen LogP contribution in [0, 0.1) is 6.92 Å². The van der Waals surface area contributed by atoms with Gasteiger partial charge in [-0.25, -0.2) is 0 Å². The van der Waals surface area contributed by atoms with Gasteiger partial charge in [0, 0.05) is 43.1 Å². The zero-order valence-electron chi connectivity index (χ0n) is 17.6. The van der Waals surface area contributed by atoms with Gasteiger partial charge in [0.25, 0.3) is 5.91 Å². The third kappa shape index (κ3) is 5.05. The highest BCUT2D eigenvalue weighted by Gasteiger charge is 2.26. The van der Waals surface area contributed by atoms with E-state index in [1.807, 2.05) is 19.1 Å². The Balaban J connectivity index is 1.21. The molecule has 2 aromatic carbocycles. The number of hydrogen-bond acceptors (Lipinski definition) is 5. The number of benzene rings is 2. The van der Waals surface area contributed by atoms with E-state index in [-0.39, 0.29) is 43.3 Å².